The molecule has 0 radical (unpaired) electrons. The van der Waals surface area contributed by atoms with Crippen LogP contribution in [0.5, 0.6) is 11.5 Å². The molecule has 2 N–H and O–H groups in total. The monoisotopic (exact) mass is 494 g/mol. The lowest BCUT2D eigenvalue weighted by Gasteiger charge is -2.33. The average molecular weight is 495 g/mol. The molecule has 0 saturated carbocycles. The quantitative estimate of drug-likeness (QED) is 0.539. The lowest BCUT2D eigenvalue weighted by molar-refractivity contribution is 0.174. The molecule has 2 aliphatic rings. The number of sulfone groups is 1. The van der Waals surface area contributed by atoms with Gasteiger partial charge in [0.1, 0.15) is 0 Å². The van der Waals surface area contributed by atoms with Crippen LogP contribution in [-0.2, 0) is 16.4 Å². The predicted octanol–water partition coefficient (Wildman–Crippen LogP) is 3.57. The number of aromatic nitrogens is 1. The Balaban J connectivity index is 1.16. The Morgan fingerprint density at radius 1 is 1.03 bits per heavy atom. The molecular weight excluding hydrogens is 468 g/mol. The Labute approximate surface area is 204 Å². The van der Waals surface area contributed by atoms with Crippen LogP contribution >= 0.6 is 0 Å². The number of urea groups is 1. The summed E-state index contributed by atoms with van der Waals surface area (Å²) in [5, 5.41) is 5.02. The molecule has 1 saturated heterocycles. The van der Waals surface area contributed by atoms with Gasteiger partial charge in [-0.05, 0) is 60.9 Å². The summed E-state index contributed by atoms with van der Waals surface area (Å²) in [5.74, 6) is 1.45. The number of anilines is 2. The maximum atomic E-state index is 13.2. The van der Waals surface area contributed by atoms with Crippen molar-refractivity contribution in [1.82, 2.24) is 10.3 Å². The van der Waals surface area contributed by atoms with E-state index in [9.17, 15) is 13.2 Å². The van der Waals surface area contributed by atoms with Crippen LogP contribution in [0.15, 0.2) is 71.9 Å². The fraction of sp³-hybridized carbons (Fsp3) is 0.280. The number of carbonyl (C=O) groups is 1. The molecule has 3 heterocycles. The van der Waals surface area contributed by atoms with Gasteiger partial charge in [-0.1, -0.05) is 6.07 Å². The lowest BCUT2D eigenvalue weighted by Crippen LogP contribution is -2.39. The largest absolute Gasteiger partial charge is 0.454 e. The molecule has 1 fully saturated rings. The molecule has 0 spiro atoms. The fourth-order valence-electron chi connectivity index (χ4n) is 4.29. The minimum absolute atomic E-state index is 0.226. The van der Waals surface area contributed by atoms with Gasteiger partial charge in [0.2, 0.25) is 6.79 Å². The average Bonchev–Trinajstić information content (AvgIpc) is 3.37. The highest BCUT2D eigenvalue weighted by Crippen LogP contribution is 2.36. The van der Waals surface area contributed by atoms with Crippen molar-refractivity contribution in [3.63, 3.8) is 0 Å². The van der Waals surface area contributed by atoms with Gasteiger partial charge in [-0.15, -0.1) is 0 Å². The summed E-state index contributed by atoms with van der Waals surface area (Å²) in [5.41, 5.74) is 2.40. The second-order valence-corrected chi connectivity index (χ2v) is 10.7. The van der Waals surface area contributed by atoms with E-state index >= 15 is 0 Å². The van der Waals surface area contributed by atoms with Gasteiger partial charge < -0.3 is 25.0 Å². The predicted molar refractivity (Wildman–Crippen MR) is 132 cm³/mol. The van der Waals surface area contributed by atoms with Gasteiger partial charge in [0.15, 0.2) is 21.3 Å². The van der Waals surface area contributed by atoms with Gasteiger partial charge in [0, 0.05) is 49.5 Å². The molecule has 0 aliphatic carbocycles. The maximum absolute atomic E-state index is 13.2. The van der Waals surface area contributed by atoms with Crippen molar-refractivity contribution in [2.24, 2.45) is 0 Å². The van der Waals surface area contributed by atoms with Crippen LogP contribution in [0, 0.1) is 0 Å². The van der Waals surface area contributed by atoms with E-state index in [0.717, 1.165) is 22.7 Å². The first-order valence-electron chi connectivity index (χ1n) is 11.4. The highest BCUT2D eigenvalue weighted by Gasteiger charge is 2.31. The van der Waals surface area contributed by atoms with E-state index in [1.807, 2.05) is 24.3 Å². The summed E-state index contributed by atoms with van der Waals surface area (Å²) in [6.07, 6.45) is 4.42. The normalized spacial score (nSPS) is 15.6. The summed E-state index contributed by atoms with van der Waals surface area (Å²) < 4.78 is 37.2. The van der Waals surface area contributed by atoms with E-state index in [2.05, 4.69) is 20.5 Å². The minimum atomic E-state index is -3.48. The van der Waals surface area contributed by atoms with E-state index in [0.29, 0.717) is 38.2 Å². The molecule has 5 rings (SSSR count). The van der Waals surface area contributed by atoms with E-state index in [-0.39, 0.29) is 17.7 Å². The standard InChI is InChI=1S/C25H26N4O5S/c30-25(27-16-18-2-1-11-26-15-18)28-19-3-6-21(7-4-19)35(31,32)22-9-12-29(13-10-22)20-5-8-23-24(14-20)34-17-33-23/h1-8,11,14-15,22H,9-10,12-13,16-17H2,(H2,27,28,30). The molecule has 9 nitrogen and oxygen atoms in total. The van der Waals surface area contributed by atoms with E-state index in [4.69, 9.17) is 9.47 Å². The van der Waals surface area contributed by atoms with Crippen LogP contribution in [0.4, 0.5) is 16.2 Å². The number of nitrogens with zero attached hydrogens (tertiary/aromatic N) is 2. The zero-order chi connectivity index (χ0) is 24.3. The van der Waals surface area contributed by atoms with Crippen molar-refractivity contribution < 1.29 is 22.7 Å². The summed E-state index contributed by atoms with van der Waals surface area (Å²) >= 11 is 0. The highest BCUT2D eigenvalue weighted by molar-refractivity contribution is 7.92. The lowest BCUT2D eigenvalue weighted by atomic mass is 10.1. The Kier molecular flexibility index (Phi) is 6.45. The topological polar surface area (TPSA) is 110 Å². The second kappa shape index (κ2) is 9.83. The van der Waals surface area contributed by atoms with Crippen molar-refractivity contribution in [3.8, 4) is 11.5 Å². The van der Waals surface area contributed by atoms with Crippen molar-refractivity contribution in [3.05, 3.63) is 72.6 Å². The van der Waals surface area contributed by atoms with E-state index < -0.39 is 15.1 Å². The summed E-state index contributed by atoms with van der Waals surface area (Å²) in [6, 6.07) is 15.4. The third-order valence-electron chi connectivity index (χ3n) is 6.22. The molecular formula is C25H26N4O5S. The van der Waals surface area contributed by atoms with Crippen LogP contribution in [0.3, 0.4) is 0 Å². The van der Waals surface area contributed by atoms with Gasteiger partial charge >= 0.3 is 6.03 Å². The fourth-order valence-corrected chi connectivity index (χ4v) is 6.02. The van der Waals surface area contributed by atoms with Gasteiger partial charge in [-0.25, -0.2) is 13.2 Å². The summed E-state index contributed by atoms with van der Waals surface area (Å²) in [4.78, 5) is 18.6. The smallest absolute Gasteiger partial charge is 0.319 e. The van der Waals surface area contributed by atoms with Gasteiger partial charge in [-0.2, -0.15) is 0 Å². The zero-order valence-corrected chi connectivity index (χ0v) is 19.8. The number of piperidine rings is 1. The Morgan fingerprint density at radius 2 is 1.80 bits per heavy atom. The summed E-state index contributed by atoms with van der Waals surface area (Å²) in [6.45, 7) is 1.85. The number of pyridine rings is 1. The number of benzene rings is 2. The third kappa shape index (κ3) is 5.17. The summed E-state index contributed by atoms with van der Waals surface area (Å²) in [7, 11) is -3.48. The van der Waals surface area contributed by atoms with Crippen LogP contribution < -0.4 is 25.0 Å². The molecule has 2 amide bonds. The molecule has 182 valence electrons. The van der Waals surface area contributed by atoms with Crippen molar-refractivity contribution in [1.29, 1.82) is 0 Å². The number of carbonyl (C=O) groups excluding carboxylic acids is 1. The maximum Gasteiger partial charge on any atom is 0.319 e. The first-order valence-corrected chi connectivity index (χ1v) is 13.0. The van der Waals surface area contributed by atoms with Crippen molar-refractivity contribution in [2.75, 3.05) is 30.1 Å². The first kappa shape index (κ1) is 23.0. The number of rotatable bonds is 6. The molecule has 0 bridgehead atoms. The van der Waals surface area contributed by atoms with E-state index in [1.54, 1.807) is 42.7 Å². The SMILES string of the molecule is O=C(NCc1cccnc1)Nc1ccc(S(=O)(=O)C2CCN(c3ccc4c(c3)OCO4)CC2)cc1. The minimum Gasteiger partial charge on any atom is -0.454 e. The van der Waals surface area contributed by atoms with Crippen LogP contribution in [0.2, 0.25) is 0 Å². The number of fused-ring (bicyclic) bond motifs is 1. The molecule has 10 heteroatoms. The van der Waals surface area contributed by atoms with Gasteiger partial charge in [0.05, 0.1) is 10.1 Å². The molecule has 3 aromatic rings. The van der Waals surface area contributed by atoms with Crippen LogP contribution in [0.1, 0.15) is 18.4 Å². The van der Waals surface area contributed by atoms with Crippen molar-refractivity contribution in [2.45, 2.75) is 29.5 Å². The van der Waals surface area contributed by atoms with Crippen LogP contribution in [0.25, 0.3) is 0 Å². The molecule has 0 unspecified atom stereocenters. The Bertz CT molecular complexity index is 1290. The first-order chi connectivity index (χ1) is 17.0. The van der Waals surface area contributed by atoms with E-state index in [1.165, 1.54) is 0 Å². The highest BCUT2D eigenvalue weighted by atomic mass is 32.2. The Morgan fingerprint density at radius 3 is 2.54 bits per heavy atom. The number of amides is 2. The van der Waals surface area contributed by atoms with Gasteiger partial charge in [-0.3, -0.25) is 4.98 Å². The third-order valence-corrected chi connectivity index (χ3v) is 8.50. The Hall–Kier alpha value is -3.79. The molecule has 1 aromatic heterocycles. The number of hydrogen-bond donors (Lipinski definition) is 2. The van der Waals surface area contributed by atoms with Gasteiger partial charge in [0.25, 0.3) is 0 Å². The second-order valence-electron chi connectivity index (χ2n) is 8.46. The van der Waals surface area contributed by atoms with Crippen LogP contribution in [-0.4, -0.2) is 44.6 Å². The number of nitrogens with one attached hydrogen (secondary N) is 2. The molecule has 0 atom stereocenters. The number of ether oxygens (including phenoxy) is 2. The zero-order valence-electron chi connectivity index (χ0n) is 19.0. The molecule has 2 aliphatic heterocycles. The molecule has 35 heavy (non-hydrogen) atoms. The molecule has 2 aromatic carbocycles. The van der Waals surface area contributed by atoms with Crippen molar-refractivity contribution >= 4 is 27.2 Å². The number of hydrogen-bond acceptors (Lipinski definition) is 7.